The number of nitrogens with zero attached hydrogens (tertiary/aromatic N) is 3. The van der Waals surface area contributed by atoms with Gasteiger partial charge in [-0.05, 0) is 68.5 Å². The Hall–Kier alpha value is -2.65. The maximum Gasteiger partial charge on any atom is 0.339 e. The van der Waals surface area contributed by atoms with Gasteiger partial charge in [-0.1, -0.05) is 32.4 Å². The molecule has 2 fully saturated rings. The molecule has 1 aromatic carbocycles. The van der Waals surface area contributed by atoms with Crippen LogP contribution in [-0.2, 0) is 10.0 Å². The van der Waals surface area contributed by atoms with Gasteiger partial charge in [-0.25, -0.2) is 18.2 Å². The normalized spacial score (nSPS) is 18.3. The second kappa shape index (κ2) is 10.3. The number of rotatable bonds is 7. The molecule has 0 aliphatic carbocycles. The minimum Gasteiger partial charge on any atom is -0.478 e. The van der Waals surface area contributed by atoms with Gasteiger partial charge in [0, 0.05) is 19.1 Å². The second-order valence-electron chi connectivity index (χ2n) is 9.54. The van der Waals surface area contributed by atoms with Gasteiger partial charge in [0.1, 0.15) is 11.4 Å². The highest BCUT2D eigenvalue weighted by molar-refractivity contribution is 7.92. The third-order valence-electron chi connectivity index (χ3n) is 6.88. The number of anilines is 2. The molecule has 0 bridgehead atoms. The van der Waals surface area contributed by atoms with E-state index in [2.05, 4.69) is 14.6 Å². The van der Waals surface area contributed by atoms with Crippen LogP contribution >= 0.6 is 0 Å². The first kappa shape index (κ1) is 24.5. The molecule has 2 aromatic rings. The van der Waals surface area contributed by atoms with Crippen molar-refractivity contribution in [3.8, 4) is 0 Å². The zero-order chi connectivity index (χ0) is 24.3. The largest absolute Gasteiger partial charge is 0.478 e. The number of hydrogen-bond donors (Lipinski definition) is 2. The SMILES string of the molecule is CC(C)c1ccc(S(=O)(=O)Nc2cnc(N3CCC(N4CCCCC4)CC3)c(C(=O)O)c2)cc1. The van der Waals surface area contributed by atoms with Crippen LogP contribution in [0, 0.1) is 0 Å². The molecule has 0 radical (unpaired) electrons. The quantitative estimate of drug-likeness (QED) is 0.606. The van der Waals surface area contributed by atoms with Crippen molar-refractivity contribution in [2.45, 2.75) is 62.8 Å². The fourth-order valence-corrected chi connectivity index (χ4v) is 5.93. The molecule has 0 spiro atoms. The number of benzene rings is 1. The molecule has 2 aliphatic rings. The fourth-order valence-electron chi connectivity index (χ4n) is 4.90. The maximum atomic E-state index is 12.8. The molecule has 2 saturated heterocycles. The van der Waals surface area contributed by atoms with Gasteiger partial charge in [-0.2, -0.15) is 0 Å². The molecular weight excluding hydrogens is 452 g/mol. The van der Waals surface area contributed by atoms with Crippen molar-refractivity contribution >= 4 is 27.5 Å². The molecule has 2 N–H and O–H groups in total. The molecule has 0 saturated carbocycles. The number of carbonyl (C=O) groups is 1. The number of likely N-dealkylation sites (tertiary alicyclic amines) is 1. The van der Waals surface area contributed by atoms with Crippen LogP contribution in [0.4, 0.5) is 11.5 Å². The number of hydrogen-bond acceptors (Lipinski definition) is 6. The smallest absolute Gasteiger partial charge is 0.339 e. The van der Waals surface area contributed by atoms with Crippen LogP contribution in [0.15, 0.2) is 41.4 Å². The van der Waals surface area contributed by atoms with E-state index in [1.54, 1.807) is 24.3 Å². The van der Waals surface area contributed by atoms with Crippen LogP contribution in [0.2, 0.25) is 0 Å². The number of aromatic nitrogens is 1. The minimum absolute atomic E-state index is 0.00628. The zero-order valence-electron chi connectivity index (χ0n) is 19.9. The van der Waals surface area contributed by atoms with Crippen molar-refractivity contribution in [1.29, 1.82) is 0 Å². The van der Waals surface area contributed by atoms with E-state index in [1.807, 2.05) is 18.7 Å². The molecule has 8 nitrogen and oxygen atoms in total. The molecule has 0 atom stereocenters. The Morgan fingerprint density at radius 1 is 1.06 bits per heavy atom. The molecule has 34 heavy (non-hydrogen) atoms. The van der Waals surface area contributed by atoms with E-state index in [0.717, 1.165) is 44.6 Å². The lowest BCUT2D eigenvalue weighted by molar-refractivity contribution is 0.0697. The van der Waals surface area contributed by atoms with Crippen LogP contribution in [0.1, 0.15) is 67.8 Å². The Morgan fingerprint density at radius 2 is 1.71 bits per heavy atom. The van der Waals surface area contributed by atoms with Crippen LogP contribution in [0.5, 0.6) is 0 Å². The van der Waals surface area contributed by atoms with E-state index >= 15 is 0 Å². The van der Waals surface area contributed by atoms with Gasteiger partial charge in [-0.3, -0.25) is 4.72 Å². The van der Waals surface area contributed by atoms with E-state index in [0.29, 0.717) is 17.8 Å². The zero-order valence-corrected chi connectivity index (χ0v) is 20.7. The summed E-state index contributed by atoms with van der Waals surface area (Å²) in [5, 5.41) is 9.82. The van der Waals surface area contributed by atoms with Crippen molar-refractivity contribution in [2.24, 2.45) is 0 Å². The van der Waals surface area contributed by atoms with Crippen LogP contribution in [0.25, 0.3) is 0 Å². The Bertz CT molecular complexity index is 1100. The second-order valence-corrected chi connectivity index (χ2v) is 11.2. The summed E-state index contributed by atoms with van der Waals surface area (Å²) in [5.41, 5.74) is 1.19. The van der Waals surface area contributed by atoms with Gasteiger partial charge >= 0.3 is 5.97 Å². The Balaban J connectivity index is 1.48. The van der Waals surface area contributed by atoms with Gasteiger partial charge < -0.3 is 14.9 Å². The lowest BCUT2D eigenvalue weighted by atomic mass is 9.99. The lowest BCUT2D eigenvalue weighted by Crippen LogP contribution is -2.47. The van der Waals surface area contributed by atoms with Crippen LogP contribution in [0.3, 0.4) is 0 Å². The summed E-state index contributed by atoms with van der Waals surface area (Å²) in [7, 11) is -3.86. The summed E-state index contributed by atoms with van der Waals surface area (Å²) in [4.78, 5) is 21.1. The van der Waals surface area contributed by atoms with Crippen LogP contribution in [-0.4, -0.2) is 61.6 Å². The molecule has 0 unspecified atom stereocenters. The number of pyridine rings is 1. The average molecular weight is 487 g/mol. The van der Waals surface area contributed by atoms with E-state index in [9.17, 15) is 18.3 Å². The first-order chi connectivity index (χ1) is 16.2. The van der Waals surface area contributed by atoms with Crippen molar-refractivity contribution in [1.82, 2.24) is 9.88 Å². The standard InChI is InChI=1S/C25H34N4O4S/c1-18(2)19-6-8-22(9-7-19)34(32,33)27-20-16-23(25(30)31)24(26-17-20)29-14-10-21(11-15-29)28-12-4-3-5-13-28/h6-9,16-18,21,27H,3-5,10-15H2,1-2H3,(H,30,31). The molecule has 184 valence electrons. The maximum absolute atomic E-state index is 12.8. The fraction of sp³-hybridized carbons (Fsp3) is 0.520. The Labute approximate surface area is 202 Å². The summed E-state index contributed by atoms with van der Waals surface area (Å²) in [6, 6.07) is 8.60. The predicted molar refractivity (Wildman–Crippen MR) is 133 cm³/mol. The van der Waals surface area contributed by atoms with Crippen molar-refractivity contribution in [2.75, 3.05) is 35.8 Å². The molecule has 0 amide bonds. The molecule has 9 heteroatoms. The van der Waals surface area contributed by atoms with Crippen molar-refractivity contribution in [3.63, 3.8) is 0 Å². The summed E-state index contributed by atoms with van der Waals surface area (Å²) in [6.07, 6.45) is 7.16. The molecule has 4 rings (SSSR count). The number of aromatic carboxylic acids is 1. The van der Waals surface area contributed by atoms with Crippen molar-refractivity contribution < 1.29 is 18.3 Å². The highest BCUT2D eigenvalue weighted by Crippen LogP contribution is 2.28. The molecule has 3 heterocycles. The van der Waals surface area contributed by atoms with E-state index in [-0.39, 0.29) is 16.1 Å². The number of piperidine rings is 2. The minimum atomic E-state index is -3.86. The summed E-state index contributed by atoms with van der Waals surface area (Å²) in [6.45, 7) is 7.86. The van der Waals surface area contributed by atoms with E-state index in [4.69, 9.17) is 0 Å². The number of carboxylic acids is 1. The highest BCUT2D eigenvalue weighted by atomic mass is 32.2. The average Bonchev–Trinajstić information content (AvgIpc) is 2.84. The molecule has 2 aliphatic heterocycles. The van der Waals surface area contributed by atoms with Gasteiger partial charge in [-0.15, -0.1) is 0 Å². The third kappa shape index (κ3) is 5.52. The van der Waals surface area contributed by atoms with Gasteiger partial charge in [0.15, 0.2) is 0 Å². The Kier molecular flexibility index (Phi) is 7.42. The first-order valence-corrected chi connectivity index (χ1v) is 13.6. The predicted octanol–water partition coefficient (Wildman–Crippen LogP) is 4.16. The third-order valence-corrected chi connectivity index (χ3v) is 8.27. The number of nitrogens with one attached hydrogen (secondary N) is 1. The van der Waals surface area contributed by atoms with Gasteiger partial charge in [0.2, 0.25) is 0 Å². The lowest BCUT2D eigenvalue weighted by Gasteiger charge is -2.40. The first-order valence-electron chi connectivity index (χ1n) is 12.1. The summed E-state index contributed by atoms with van der Waals surface area (Å²) < 4.78 is 28.2. The number of carboxylic acid groups (broad SMARTS) is 1. The topological polar surface area (TPSA) is 103 Å². The molecule has 1 aromatic heterocycles. The number of sulfonamides is 1. The monoisotopic (exact) mass is 486 g/mol. The highest BCUT2D eigenvalue weighted by Gasteiger charge is 2.28. The summed E-state index contributed by atoms with van der Waals surface area (Å²) in [5.74, 6) is -0.429. The van der Waals surface area contributed by atoms with E-state index < -0.39 is 16.0 Å². The Morgan fingerprint density at radius 3 is 2.29 bits per heavy atom. The van der Waals surface area contributed by atoms with Crippen molar-refractivity contribution in [3.05, 3.63) is 47.7 Å². The van der Waals surface area contributed by atoms with E-state index in [1.165, 1.54) is 31.5 Å². The summed E-state index contributed by atoms with van der Waals surface area (Å²) >= 11 is 0. The van der Waals surface area contributed by atoms with Crippen LogP contribution < -0.4 is 9.62 Å². The molecular formula is C25H34N4O4S. The van der Waals surface area contributed by atoms with Gasteiger partial charge in [0.25, 0.3) is 10.0 Å². The van der Waals surface area contributed by atoms with Gasteiger partial charge in [0.05, 0.1) is 16.8 Å².